The van der Waals surface area contributed by atoms with Crippen molar-refractivity contribution < 1.29 is 14.3 Å². The third-order valence-corrected chi connectivity index (χ3v) is 2.21. The average molecular weight is 257 g/mol. The second-order valence-electron chi connectivity index (χ2n) is 3.63. The Morgan fingerprint density at radius 1 is 1.58 bits per heavy atom. The fraction of sp³-hybridized carbons (Fsp3) is 0.154. The van der Waals surface area contributed by atoms with Crippen LogP contribution in [0.25, 0.3) is 0 Å². The molecule has 0 aliphatic rings. The Morgan fingerprint density at radius 2 is 2.42 bits per heavy atom. The lowest BCUT2D eigenvalue weighted by molar-refractivity contribution is 0.102. The Hall–Kier alpha value is -2.65. The summed E-state index contributed by atoms with van der Waals surface area (Å²) in [6.07, 6.45) is 4.38. The van der Waals surface area contributed by atoms with Crippen molar-refractivity contribution in [3.05, 3.63) is 41.5 Å². The van der Waals surface area contributed by atoms with Crippen molar-refractivity contribution in [2.75, 3.05) is 11.9 Å². The van der Waals surface area contributed by atoms with Gasteiger partial charge in [0.15, 0.2) is 0 Å². The van der Waals surface area contributed by atoms with Crippen molar-refractivity contribution >= 4 is 11.9 Å². The highest BCUT2D eigenvalue weighted by Gasteiger charge is 2.12. The first-order valence-electron chi connectivity index (χ1n) is 5.48. The highest BCUT2D eigenvalue weighted by molar-refractivity contribution is 6.04. The van der Waals surface area contributed by atoms with E-state index in [1.165, 1.54) is 24.7 Å². The molecule has 2 aromatic heterocycles. The maximum Gasteiger partial charge on any atom is 0.301 e. The zero-order valence-corrected chi connectivity index (χ0v) is 10.2. The second-order valence-corrected chi connectivity index (χ2v) is 3.63. The number of nitrogens with zero attached hydrogens (tertiary/aromatic N) is 2. The summed E-state index contributed by atoms with van der Waals surface area (Å²) in [5.74, 6) is 4.74. The molecule has 0 spiro atoms. The van der Waals surface area contributed by atoms with Crippen LogP contribution in [-0.4, -0.2) is 27.6 Å². The maximum absolute atomic E-state index is 12.0. The Bertz CT molecular complexity index is 652. The van der Waals surface area contributed by atoms with Gasteiger partial charge in [-0.3, -0.25) is 15.1 Å². The Morgan fingerprint density at radius 3 is 3.11 bits per heavy atom. The van der Waals surface area contributed by atoms with Gasteiger partial charge in [0.25, 0.3) is 5.91 Å². The van der Waals surface area contributed by atoms with Crippen molar-refractivity contribution in [3.8, 4) is 11.8 Å². The van der Waals surface area contributed by atoms with Gasteiger partial charge in [-0.1, -0.05) is 11.8 Å². The number of aryl methyl sites for hydroxylation is 1. The number of hydrogen-bond acceptors (Lipinski definition) is 5. The van der Waals surface area contributed by atoms with E-state index in [9.17, 15) is 4.79 Å². The molecule has 0 saturated carbocycles. The standard InChI is InChI=1S/C13H11N3O3/c1-9-8-19-13(15-9)16-12(18)11-4-5-14-7-10(11)3-2-6-17/h4-5,7-8,17H,6H2,1H3,(H,15,16,18). The van der Waals surface area contributed by atoms with E-state index in [1.54, 1.807) is 6.92 Å². The molecule has 2 rings (SSSR count). The molecular weight excluding hydrogens is 246 g/mol. The van der Waals surface area contributed by atoms with E-state index in [4.69, 9.17) is 9.52 Å². The lowest BCUT2D eigenvalue weighted by Gasteiger charge is -2.02. The first kappa shape index (κ1) is 12.8. The van der Waals surface area contributed by atoms with Gasteiger partial charge in [0.1, 0.15) is 12.9 Å². The number of carbonyl (C=O) groups is 1. The molecule has 0 atom stereocenters. The van der Waals surface area contributed by atoms with Crippen LogP contribution in [0.15, 0.2) is 29.1 Å². The van der Waals surface area contributed by atoms with Crippen LogP contribution in [0.2, 0.25) is 0 Å². The summed E-state index contributed by atoms with van der Waals surface area (Å²) < 4.78 is 5.04. The molecule has 19 heavy (non-hydrogen) atoms. The molecule has 0 saturated heterocycles. The molecule has 0 aromatic carbocycles. The predicted octanol–water partition coefficient (Wildman–Crippen LogP) is 0.974. The third-order valence-electron chi connectivity index (χ3n) is 2.21. The molecule has 2 N–H and O–H groups in total. The number of aliphatic hydroxyl groups excluding tert-OH is 1. The van der Waals surface area contributed by atoms with E-state index < -0.39 is 5.91 Å². The first-order valence-corrected chi connectivity index (χ1v) is 5.48. The maximum atomic E-state index is 12.0. The minimum Gasteiger partial charge on any atom is -0.432 e. The second kappa shape index (κ2) is 5.80. The number of hydrogen-bond donors (Lipinski definition) is 2. The van der Waals surface area contributed by atoms with Crippen LogP contribution in [-0.2, 0) is 0 Å². The number of amides is 1. The van der Waals surface area contributed by atoms with Crippen LogP contribution in [0, 0.1) is 18.8 Å². The topological polar surface area (TPSA) is 88.2 Å². The zero-order chi connectivity index (χ0) is 13.7. The Labute approximate surface area is 109 Å². The zero-order valence-electron chi connectivity index (χ0n) is 10.2. The number of carbonyl (C=O) groups excluding carboxylic acids is 1. The monoisotopic (exact) mass is 257 g/mol. The van der Waals surface area contributed by atoms with E-state index in [2.05, 4.69) is 27.1 Å². The lowest BCUT2D eigenvalue weighted by Crippen LogP contribution is -2.14. The highest BCUT2D eigenvalue weighted by Crippen LogP contribution is 2.11. The van der Waals surface area contributed by atoms with Crippen molar-refractivity contribution in [1.82, 2.24) is 9.97 Å². The molecule has 1 amide bonds. The van der Waals surface area contributed by atoms with E-state index in [1.807, 2.05) is 0 Å². The van der Waals surface area contributed by atoms with Gasteiger partial charge >= 0.3 is 6.01 Å². The molecule has 0 fully saturated rings. The van der Waals surface area contributed by atoms with Gasteiger partial charge in [0.2, 0.25) is 0 Å². The summed E-state index contributed by atoms with van der Waals surface area (Å²) in [7, 11) is 0. The number of nitrogens with one attached hydrogen (secondary N) is 1. The summed E-state index contributed by atoms with van der Waals surface area (Å²) in [4.78, 5) is 19.9. The molecule has 0 aliphatic carbocycles. The molecule has 0 unspecified atom stereocenters. The van der Waals surface area contributed by atoms with Crippen LogP contribution in [0.5, 0.6) is 0 Å². The summed E-state index contributed by atoms with van der Waals surface area (Å²) in [5, 5.41) is 11.2. The van der Waals surface area contributed by atoms with E-state index in [0.29, 0.717) is 16.8 Å². The van der Waals surface area contributed by atoms with Crippen LogP contribution >= 0.6 is 0 Å². The Balaban J connectivity index is 2.23. The van der Waals surface area contributed by atoms with Gasteiger partial charge in [-0.2, -0.15) is 4.98 Å². The lowest BCUT2D eigenvalue weighted by atomic mass is 10.1. The molecule has 6 nitrogen and oxygen atoms in total. The van der Waals surface area contributed by atoms with E-state index >= 15 is 0 Å². The predicted molar refractivity (Wildman–Crippen MR) is 67.4 cm³/mol. The van der Waals surface area contributed by atoms with Crippen LogP contribution in [0.1, 0.15) is 21.6 Å². The SMILES string of the molecule is Cc1coc(NC(=O)c2ccncc2C#CCO)n1. The summed E-state index contributed by atoms with van der Waals surface area (Å²) in [6.45, 7) is 1.47. The minimum atomic E-state index is -0.397. The minimum absolute atomic E-state index is 0.125. The smallest absolute Gasteiger partial charge is 0.301 e. The number of anilines is 1. The van der Waals surface area contributed by atoms with Crippen molar-refractivity contribution in [1.29, 1.82) is 0 Å². The van der Waals surface area contributed by atoms with Gasteiger partial charge in [0, 0.05) is 12.4 Å². The van der Waals surface area contributed by atoms with E-state index in [-0.39, 0.29) is 12.6 Å². The normalized spacial score (nSPS) is 9.58. The van der Waals surface area contributed by atoms with Crippen molar-refractivity contribution in [2.24, 2.45) is 0 Å². The fourth-order valence-electron chi connectivity index (χ4n) is 1.40. The van der Waals surface area contributed by atoms with Gasteiger partial charge in [0.05, 0.1) is 16.8 Å². The van der Waals surface area contributed by atoms with Crippen molar-refractivity contribution in [3.63, 3.8) is 0 Å². The molecular formula is C13H11N3O3. The molecule has 6 heteroatoms. The largest absolute Gasteiger partial charge is 0.432 e. The number of pyridine rings is 1. The number of aliphatic hydroxyl groups is 1. The highest BCUT2D eigenvalue weighted by atomic mass is 16.4. The van der Waals surface area contributed by atoms with Crippen LogP contribution < -0.4 is 5.32 Å². The number of rotatable bonds is 2. The van der Waals surface area contributed by atoms with Gasteiger partial charge in [-0.25, -0.2) is 0 Å². The van der Waals surface area contributed by atoms with Crippen LogP contribution in [0.4, 0.5) is 6.01 Å². The third kappa shape index (κ3) is 3.18. The molecule has 0 radical (unpaired) electrons. The molecule has 2 heterocycles. The summed E-state index contributed by atoms with van der Waals surface area (Å²) in [5.41, 5.74) is 1.44. The van der Waals surface area contributed by atoms with Crippen molar-refractivity contribution in [2.45, 2.75) is 6.92 Å². The molecule has 0 aliphatic heterocycles. The molecule has 2 aromatic rings. The average Bonchev–Trinajstić information content (AvgIpc) is 2.82. The first-order chi connectivity index (χ1) is 9.20. The fourth-order valence-corrected chi connectivity index (χ4v) is 1.40. The van der Waals surface area contributed by atoms with Crippen LogP contribution in [0.3, 0.4) is 0 Å². The van der Waals surface area contributed by atoms with Gasteiger partial charge in [-0.15, -0.1) is 0 Å². The number of oxazole rings is 1. The van der Waals surface area contributed by atoms with E-state index in [0.717, 1.165) is 0 Å². The van der Waals surface area contributed by atoms with Gasteiger partial charge in [-0.05, 0) is 13.0 Å². The summed E-state index contributed by atoms with van der Waals surface area (Å²) in [6, 6.07) is 1.66. The quantitative estimate of drug-likeness (QED) is 0.783. The molecule has 0 bridgehead atoms. The summed E-state index contributed by atoms with van der Waals surface area (Å²) >= 11 is 0. The number of aromatic nitrogens is 2. The molecule has 96 valence electrons. The van der Waals surface area contributed by atoms with Gasteiger partial charge < -0.3 is 9.52 Å². The Kier molecular flexibility index (Phi) is 3.90.